The van der Waals surface area contributed by atoms with E-state index in [0.29, 0.717) is 25.3 Å². The molecule has 1 aromatic heterocycles. The minimum Gasteiger partial charge on any atom is -0.390 e. The molecule has 1 saturated carbocycles. The van der Waals surface area contributed by atoms with Crippen LogP contribution in [0.15, 0.2) is 11.2 Å². The van der Waals surface area contributed by atoms with Crippen molar-refractivity contribution in [2.24, 2.45) is 17.5 Å². The second kappa shape index (κ2) is 4.80. The Morgan fingerprint density at radius 1 is 1.62 bits per heavy atom. The topological polar surface area (TPSA) is 96.8 Å². The molecule has 1 aliphatic heterocycles. The molecule has 8 nitrogen and oxygen atoms in total. The lowest BCUT2D eigenvalue weighted by atomic mass is 9.93. The van der Waals surface area contributed by atoms with Crippen LogP contribution >= 0.6 is 0 Å². The Labute approximate surface area is 122 Å². The first-order chi connectivity index (χ1) is 9.98. The molecule has 2 aliphatic rings. The van der Waals surface area contributed by atoms with Crippen molar-refractivity contribution in [2.45, 2.75) is 31.4 Å². The van der Waals surface area contributed by atoms with E-state index in [-0.39, 0.29) is 17.1 Å². The van der Waals surface area contributed by atoms with Gasteiger partial charge in [-0.25, -0.2) is 4.68 Å². The summed E-state index contributed by atoms with van der Waals surface area (Å²) in [4.78, 5) is 16.8. The van der Waals surface area contributed by atoms with Crippen LogP contribution in [0.3, 0.4) is 0 Å². The maximum Gasteiger partial charge on any atom is 0.331 e. The van der Waals surface area contributed by atoms with Crippen molar-refractivity contribution in [1.82, 2.24) is 9.78 Å². The number of aliphatic hydroxyl groups excluding tert-OH is 1. The fourth-order valence-electron chi connectivity index (χ4n) is 3.31. The van der Waals surface area contributed by atoms with Gasteiger partial charge in [0, 0.05) is 25.6 Å². The lowest BCUT2D eigenvalue weighted by Crippen LogP contribution is -2.37. The summed E-state index contributed by atoms with van der Waals surface area (Å²) in [5, 5.41) is 25.7. The Kier molecular flexibility index (Phi) is 3.20. The largest absolute Gasteiger partial charge is 0.390 e. The third-order valence-corrected chi connectivity index (χ3v) is 4.70. The van der Waals surface area contributed by atoms with Crippen LogP contribution in [0.4, 0.5) is 11.5 Å². The van der Waals surface area contributed by atoms with Crippen molar-refractivity contribution in [3.05, 3.63) is 16.3 Å². The predicted octanol–water partition coefficient (Wildman–Crippen LogP) is 0.749. The second-order valence-corrected chi connectivity index (χ2v) is 6.00. The molecule has 0 unspecified atom stereocenters. The number of rotatable bonds is 3. The van der Waals surface area contributed by atoms with Gasteiger partial charge in [-0.3, -0.25) is 15.1 Å². The minimum atomic E-state index is -0.521. The highest BCUT2D eigenvalue weighted by atomic mass is 16.6. The quantitative estimate of drug-likeness (QED) is 0.504. The molecule has 3 rings (SSSR count). The zero-order chi connectivity index (χ0) is 15.2. The number of aliphatic hydroxyl groups is 1. The monoisotopic (exact) mass is 293 g/mol. The van der Waals surface area contributed by atoms with Crippen LogP contribution in [-0.2, 0) is 7.05 Å². The molecule has 8 heteroatoms. The first kappa shape index (κ1) is 14.0. The summed E-state index contributed by atoms with van der Waals surface area (Å²) >= 11 is 0. The molecule has 1 spiro atoms. The number of aromatic nitrogens is 2. The molecule has 0 bridgehead atoms. The van der Waals surface area contributed by atoms with E-state index >= 15 is 0 Å². The first-order valence-corrected chi connectivity index (χ1v) is 7.04. The Morgan fingerprint density at radius 3 is 2.90 bits per heavy atom. The van der Waals surface area contributed by atoms with E-state index in [1.54, 1.807) is 7.05 Å². The van der Waals surface area contributed by atoms with Gasteiger partial charge in [-0.05, 0) is 26.0 Å². The molecule has 1 N–H and O–H groups in total. The predicted molar refractivity (Wildman–Crippen MR) is 77.7 cm³/mol. The highest BCUT2D eigenvalue weighted by Gasteiger charge is 2.54. The fourth-order valence-corrected chi connectivity index (χ4v) is 3.31. The third kappa shape index (κ3) is 2.19. The van der Waals surface area contributed by atoms with E-state index in [2.05, 4.69) is 16.8 Å². The number of aliphatic imine (C=N–C) groups is 1. The highest BCUT2D eigenvalue weighted by Crippen LogP contribution is 2.53. The molecule has 2 atom stereocenters. The van der Waals surface area contributed by atoms with E-state index in [0.717, 1.165) is 12.8 Å². The molecule has 1 aliphatic carbocycles. The van der Waals surface area contributed by atoms with Gasteiger partial charge >= 0.3 is 5.69 Å². The number of anilines is 1. The minimum absolute atomic E-state index is 0.00722. The van der Waals surface area contributed by atoms with E-state index in [9.17, 15) is 15.2 Å². The number of nitrogens with zero attached hydrogens (tertiary/aromatic N) is 5. The number of hydrogen-bond acceptors (Lipinski definition) is 6. The summed E-state index contributed by atoms with van der Waals surface area (Å²) in [5.41, 5.74) is -0.201. The van der Waals surface area contributed by atoms with Crippen LogP contribution in [0.1, 0.15) is 19.3 Å². The van der Waals surface area contributed by atoms with Gasteiger partial charge in [0.1, 0.15) is 6.20 Å². The van der Waals surface area contributed by atoms with E-state index in [1.807, 2.05) is 4.90 Å². The Bertz CT molecular complexity index is 580. The molecule has 0 radical (unpaired) electrons. The molecule has 0 aromatic carbocycles. The maximum atomic E-state index is 11.2. The number of hydrogen-bond donors (Lipinski definition) is 1. The highest BCUT2D eigenvalue weighted by molar-refractivity contribution is 5.58. The number of nitro groups is 1. The third-order valence-electron chi connectivity index (χ3n) is 4.70. The Balaban J connectivity index is 1.95. The van der Waals surface area contributed by atoms with E-state index in [1.165, 1.54) is 10.9 Å². The fraction of sp³-hybridized carbons (Fsp3) is 0.692. The van der Waals surface area contributed by atoms with Crippen LogP contribution in [0.5, 0.6) is 0 Å². The summed E-state index contributed by atoms with van der Waals surface area (Å²) in [7, 11) is 1.70. The van der Waals surface area contributed by atoms with Gasteiger partial charge in [-0.15, -0.1) is 0 Å². The van der Waals surface area contributed by atoms with Crippen LogP contribution in [0.2, 0.25) is 0 Å². The molecule has 114 valence electrons. The van der Waals surface area contributed by atoms with Gasteiger partial charge in [0.2, 0.25) is 5.82 Å². The SMILES string of the molecule is C=N[C@@H]1CCN(c2c([N+](=O)[O-])cnn2C)CC2(CC2)[C@H]1O. The van der Waals surface area contributed by atoms with Crippen molar-refractivity contribution in [1.29, 1.82) is 0 Å². The molecule has 1 aromatic rings. The summed E-state index contributed by atoms with van der Waals surface area (Å²) in [6, 6.07) is -0.204. The van der Waals surface area contributed by atoms with E-state index in [4.69, 9.17) is 0 Å². The van der Waals surface area contributed by atoms with Gasteiger partial charge in [0.25, 0.3) is 0 Å². The lowest BCUT2D eigenvalue weighted by molar-refractivity contribution is -0.384. The van der Waals surface area contributed by atoms with Crippen molar-refractivity contribution in [2.75, 3.05) is 18.0 Å². The number of aryl methyl sites for hydroxylation is 1. The maximum absolute atomic E-state index is 11.2. The molecule has 0 amide bonds. The van der Waals surface area contributed by atoms with Crippen LogP contribution < -0.4 is 4.90 Å². The normalized spacial score (nSPS) is 27.4. The van der Waals surface area contributed by atoms with Crippen molar-refractivity contribution in [3.63, 3.8) is 0 Å². The summed E-state index contributed by atoms with van der Waals surface area (Å²) in [6.07, 6.45) is 3.23. The van der Waals surface area contributed by atoms with Crippen molar-refractivity contribution in [3.8, 4) is 0 Å². The molecule has 21 heavy (non-hydrogen) atoms. The van der Waals surface area contributed by atoms with Gasteiger partial charge in [0.05, 0.1) is 17.1 Å². The molecular weight excluding hydrogens is 274 g/mol. The Morgan fingerprint density at radius 2 is 2.33 bits per heavy atom. The molecular formula is C13H19N5O3. The Hall–Kier alpha value is -1.96. The second-order valence-electron chi connectivity index (χ2n) is 6.00. The van der Waals surface area contributed by atoms with Gasteiger partial charge in [0.15, 0.2) is 0 Å². The summed E-state index contributed by atoms with van der Waals surface area (Å²) in [5.74, 6) is 0.503. The van der Waals surface area contributed by atoms with Crippen LogP contribution in [-0.4, -0.2) is 51.8 Å². The van der Waals surface area contributed by atoms with Crippen molar-refractivity contribution < 1.29 is 10.0 Å². The summed E-state index contributed by atoms with van der Waals surface area (Å²) in [6.45, 7) is 4.76. The molecule has 2 heterocycles. The zero-order valence-corrected chi connectivity index (χ0v) is 12.0. The van der Waals surface area contributed by atoms with Gasteiger partial charge in [-0.2, -0.15) is 5.10 Å². The van der Waals surface area contributed by atoms with Gasteiger partial charge in [-0.1, -0.05) is 0 Å². The van der Waals surface area contributed by atoms with Crippen molar-refractivity contribution >= 4 is 18.2 Å². The van der Waals surface area contributed by atoms with Crippen LogP contribution in [0.25, 0.3) is 0 Å². The smallest absolute Gasteiger partial charge is 0.331 e. The standard InChI is InChI=1S/C13H19N5O3/c1-14-9-3-6-17(8-13(4-5-13)11(9)19)12-10(18(20)21)7-15-16(12)2/h7,9,11,19H,1,3-6,8H2,2H3/t9-,11+/m1/s1. The lowest BCUT2D eigenvalue weighted by Gasteiger charge is -2.27. The zero-order valence-electron chi connectivity index (χ0n) is 12.0. The molecule has 1 saturated heterocycles. The summed E-state index contributed by atoms with van der Waals surface area (Å²) < 4.78 is 1.53. The average molecular weight is 293 g/mol. The van der Waals surface area contributed by atoms with E-state index < -0.39 is 11.0 Å². The van der Waals surface area contributed by atoms with Crippen LogP contribution in [0, 0.1) is 15.5 Å². The van der Waals surface area contributed by atoms with Gasteiger partial charge < -0.3 is 10.0 Å². The first-order valence-electron chi connectivity index (χ1n) is 7.04. The average Bonchev–Trinajstić information content (AvgIpc) is 3.15. The molecule has 2 fully saturated rings.